The SMILES string of the molecule is CC(NC(=O)c1ccc(-c2cnc3ccc(/C(C=N)=C/N)cn23)cc1F)c1ccc2c(c1)OCO2. The molecule has 1 amide bonds. The van der Waals surface area contributed by atoms with Gasteiger partial charge in [0.05, 0.1) is 23.5 Å². The Morgan fingerprint density at radius 3 is 2.80 bits per heavy atom. The molecular weight excluding hydrogens is 449 g/mol. The summed E-state index contributed by atoms with van der Waals surface area (Å²) in [6, 6.07) is 13.1. The second-order valence-electron chi connectivity index (χ2n) is 8.06. The molecule has 1 aliphatic heterocycles. The third kappa shape index (κ3) is 4.08. The fourth-order valence-electron chi connectivity index (χ4n) is 3.99. The van der Waals surface area contributed by atoms with E-state index in [0.717, 1.165) is 17.3 Å². The van der Waals surface area contributed by atoms with Crippen LogP contribution in [-0.4, -0.2) is 28.3 Å². The molecule has 2 aromatic heterocycles. The number of benzene rings is 2. The van der Waals surface area contributed by atoms with Crippen molar-refractivity contribution in [3.63, 3.8) is 0 Å². The fourth-order valence-corrected chi connectivity index (χ4v) is 3.99. The average molecular weight is 471 g/mol. The zero-order chi connectivity index (χ0) is 24.5. The monoisotopic (exact) mass is 471 g/mol. The third-order valence-electron chi connectivity index (χ3n) is 5.93. The number of amides is 1. The molecule has 5 rings (SSSR count). The van der Waals surface area contributed by atoms with Crippen LogP contribution in [0.5, 0.6) is 11.5 Å². The lowest BCUT2D eigenvalue weighted by atomic mass is 10.1. The topological polar surface area (TPSA) is 115 Å². The van der Waals surface area contributed by atoms with Crippen molar-refractivity contribution in [2.24, 2.45) is 5.73 Å². The first-order valence-electron chi connectivity index (χ1n) is 10.9. The fraction of sp³-hybridized carbons (Fsp3) is 0.115. The van der Waals surface area contributed by atoms with Crippen molar-refractivity contribution >= 4 is 23.3 Å². The van der Waals surface area contributed by atoms with E-state index >= 15 is 4.39 Å². The maximum absolute atomic E-state index is 15.1. The van der Waals surface area contributed by atoms with Crippen LogP contribution in [0.2, 0.25) is 0 Å². The van der Waals surface area contributed by atoms with Gasteiger partial charge in [-0.1, -0.05) is 12.1 Å². The molecule has 2 aromatic carbocycles. The predicted octanol–water partition coefficient (Wildman–Crippen LogP) is 4.31. The van der Waals surface area contributed by atoms with E-state index < -0.39 is 11.7 Å². The summed E-state index contributed by atoms with van der Waals surface area (Å²) in [6.45, 7) is 1.98. The lowest BCUT2D eigenvalue weighted by Gasteiger charge is -2.15. The van der Waals surface area contributed by atoms with Crippen LogP contribution in [0.25, 0.3) is 22.5 Å². The van der Waals surface area contributed by atoms with Gasteiger partial charge in [0.1, 0.15) is 11.5 Å². The quantitative estimate of drug-likeness (QED) is 0.363. The molecule has 1 atom stereocenters. The molecule has 0 radical (unpaired) electrons. The summed E-state index contributed by atoms with van der Waals surface area (Å²) in [5, 5.41) is 10.3. The minimum Gasteiger partial charge on any atom is -0.454 e. The van der Waals surface area contributed by atoms with Gasteiger partial charge < -0.3 is 25.9 Å². The number of hydrogen-bond donors (Lipinski definition) is 3. The van der Waals surface area contributed by atoms with E-state index in [9.17, 15) is 4.79 Å². The largest absolute Gasteiger partial charge is 0.454 e. The molecule has 0 spiro atoms. The van der Waals surface area contributed by atoms with Crippen LogP contribution in [0.15, 0.2) is 67.1 Å². The molecule has 8 nitrogen and oxygen atoms in total. The van der Waals surface area contributed by atoms with Gasteiger partial charge in [0.15, 0.2) is 11.5 Å². The molecule has 4 N–H and O–H groups in total. The van der Waals surface area contributed by atoms with Crippen molar-refractivity contribution in [3.8, 4) is 22.8 Å². The summed E-state index contributed by atoms with van der Waals surface area (Å²) >= 11 is 0. The number of imidazole rings is 1. The Labute approximate surface area is 200 Å². The van der Waals surface area contributed by atoms with Crippen LogP contribution >= 0.6 is 0 Å². The lowest BCUT2D eigenvalue weighted by molar-refractivity contribution is 0.0935. The number of hydrogen-bond acceptors (Lipinski definition) is 6. The Bertz CT molecular complexity index is 1490. The summed E-state index contributed by atoms with van der Waals surface area (Å²) in [6.07, 6.45) is 5.93. The first kappa shape index (κ1) is 22.1. The van der Waals surface area contributed by atoms with E-state index in [-0.39, 0.29) is 18.4 Å². The van der Waals surface area contributed by atoms with Crippen molar-refractivity contribution < 1.29 is 18.7 Å². The Kier molecular flexibility index (Phi) is 5.66. The second-order valence-corrected chi connectivity index (χ2v) is 8.06. The smallest absolute Gasteiger partial charge is 0.254 e. The van der Waals surface area contributed by atoms with Crippen LogP contribution in [-0.2, 0) is 0 Å². The summed E-state index contributed by atoms with van der Waals surface area (Å²) in [5.41, 5.74) is 9.48. The standard InChI is InChI=1S/C26H22FN5O3/c1-15(16-3-6-23-24(9-16)35-14-34-23)31-26(33)20-5-2-17(8-21(20)27)22-12-30-25-7-4-18(13-32(22)25)19(10-28)11-29/h2-13,15,28H,14,29H2,1H3,(H,31,33)/b19-11+,28-10?. The zero-order valence-electron chi connectivity index (χ0n) is 18.8. The Morgan fingerprint density at radius 2 is 2.03 bits per heavy atom. The molecule has 0 saturated carbocycles. The maximum atomic E-state index is 15.1. The number of aromatic nitrogens is 2. The van der Waals surface area contributed by atoms with Gasteiger partial charge in [0.25, 0.3) is 5.91 Å². The van der Waals surface area contributed by atoms with Crippen LogP contribution < -0.4 is 20.5 Å². The highest BCUT2D eigenvalue weighted by Gasteiger charge is 2.20. The molecule has 4 aromatic rings. The van der Waals surface area contributed by atoms with Gasteiger partial charge in [-0.3, -0.25) is 9.20 Å². The molecule has 0 fully saturated rings. The van der Waals surface area contributed by atoms with Crippen LogP contribution in [0.4, 0.5) is 4.39 Å². The molecular formula is C26H22FN5O3. The van der Waals surface area contributed by atoms with Gasteiger partial charge in [-0.15, -0.1) is 0 Å². The van der Waals surface area contributed by atoms with Gasteiger partial charge >= 0.3 is 0 Å². The number of allylic oxidation sites excluding steroid dienone is 1. The average Bonchev–Trinajstić information content (AvgIpc) is 3.51. The second kappa shape index (κ2) is 8.94. The van der Waals surface area contributed by atoms with E-state index in [1.807, 2.05) is 19.1 Å². The molecule has 0 aliphatic carbocycles. The number of rotatable bonds is 6. The molecule has 1 aliphatic rings. The third-order valence-corrected chi connectivity index (χ3v) is 5.93. The van der Waals surface area contributed by atoms with Gasteiger partial charge in [-0.25, -0.2) is 9.37 Å². The van der Waals surface area contributed by atoms with E-state index in [0.29, 0.717) is 34.0 Å². The lowest BCUT2D eigenvalue weighted by Crippen LogP contribution is -2.27. The van der Waals surface area contributed by atoms with Crippen LogP contribution in [0.1, 0.15) is 34.5 Å². The highest BCUT2D eigenvalue weighted by atomic mass is 19.1. The first-order chi connectivity index (χ1) is 17.0. The van der Waals surface area contributed by atoms with Gasteiger partial charge in [-0.2, -0.15) is 0 Å². The molecule has 0 bridgehead atoms. The molecule has 176 valence electrons. The Balaban J connectivity index is 1.39. The molecule has 1 unspecified atom stereocenters. The van der Waals surface area contributed by atoms with Crippen LogP contribution in [0.3, 0.4) is 0 Å². The van der Waals surface area contributed by atoms with E-state index in [4.69, 9.17) is 20.6 Å². The van der Waals surface area contributed by atoms with Gasteiger partial charge in [-0.05, 0) is 48.9 Å². The number of nitrogens with one attached hydrogen (secondary N) is 2. The molecule has 3 heterocycles. The number of nitrogens with two attached hydrogens (primary N) is 1. The van der Waals surface area contributed by atoms with Gasteiger partial charge in [0.2, 0.25) is 6.79 Å². The van der Waals surface area contributed by atoms with Crippen molar-refractivity contribution in [1.29, 1.82) is 5.41 Å². The molecule has 35 heavy (non-hydrogen) atoms. The Hall–Kier alpha value is -4.66. The van der Waals surface area contributed by atoms with Crippen molar-refractivity contribution in [2.45, 2.75) is 13.0 Å². The number of pyridine rings is 1. The molecule has 0 saturated heterocycles. The maximum Gasteiger partial charge on any atom is 0.254 e. The minimum absolute atomic E-state index is 0.0620. The van der Waals surface area contributed by atoms with Crippen molar-refractivity contribution in [2.75, 3.05) is 6.79 Å². The summed E-state index contributed by atoms with van der Waals surface area (Å²) in [4.78, 5) is 17.2. The summed E-state index contributed by atoms with van der Waals surface area (Å²) in [5.74, 6) is 0.0981. The van der Waals surface area contributed by atoms with Crippen molar-refractivity contribution in [1.82, 2.24) is 14.7 Å². The molecule has 9 heteroatoms. The van der Waals surface area contributed by atoms with Crippen molar-refractivity contribution in [3.05, 3.63) is 89.6 Å². The van der Waals surface area contributed by atoms with E-state index in [1.54, 1.807) is 41.1 Å². The highest BCUT2D eigenvalue weighted by molar-refractivity contribution is 6.08. The number of halogens is 1. The highest BCUT2D eigenvalue weighted by Crippen LogP contribution is 2.34. The number of fused-ring (bicyclic) bond motifs is 2. The number of ether oxygens (including phenoxy) is 2. The van der Waals surface area contributed by atoms with E-state index in [2.05, 4.69) is 10.3 Å². The van der Waals surface area contributed by atoms with E-state index in [1.165, 1.54) is 18.3 Å². The number of carbonyl (C=O) groups is 1. The van der Waals surface area contributed by atoms with Gasteiger partial charge in [0, 0.05) is 35.3 Å². The van der Waals surface area contributed by atoms with Crippen LogP contribution in [0, 0.1) is 11.2 Å². The summed E-state index contributed by atoms with van der Waals surface area (Å²) < 4.78 is 27.6. The number of carbonyl (C=O) groups excluding carboxylic acids is 1. The predicted molar refractivity (Wildman–Crippen MR) is 130 cm³/mol. The number of nitrogens with zero attached hydrogens (tertiary/aromatic N) is 2. The normalized spacial score (nSPS) is 13.6. The summed E-state index contributed by atoms with van der Waals surface area (Å²) in [7, 11) is 0. The zero-order valence-corrected chi connectivity index (χ0v) is 18.8. The minimum atomic E-state index is -0.647. The first-order valence-corrected chi connectivity index (χ1v) is 10.9. The Morgan fingerprint density at radius 1 is 1.20 bits per heavy atom.